The molecule has 0 aliphatic carbocycles. The predicted octanol–water partition coefficient (Wildman–Crippen LogP) is 4.33. The van der Waals surface area contributed by atoms with Crippen molar-refractivity contribution in [1.29, 1.82) is 0 Å². The van der Waals surface area contributed by atoms with Crippen LogP contribution in [0.4, 0.5) is 35.2 Å². The molecule has 0 radical (unpaired) electrons. The number of carbonyl (C=O) groups is 1. The van der Waals surface area contributed by atoms with E-state index in [9.17, 15) is 18.0 Å². The van der Waals surface area contributed by atoms with Gasteiger partial charge in [0, 0.05) is 43.7 Å². The summed E-state index contributed by atoms with van der Waals surface area (Å²) >= 11 is 0. The number of nitrogens with zero attached hydrogens (tertiary/aromatic N) is 5. The lowest BCUT2D eigenvalue weighted by molar-refractivity contribution is -0.138. The molecule has 1 aliphatic rings. The van der Waals surface area contributed by atoms with Gasteiger partial charge in [-0.15, -0.1) is 0 Å². The summed E-state index contributed by atoms with van der Waals surface area (Å²) in [6, 6.07) is 10.0. The zero-order valence-corrected chi connectivity index (χ0v) is 23.0. The molecule has 0 unspecified atom stereocenters. The number of morpholine rings is 1. The fourth-order valence-electron chi connectivity index (χ4n) is 4.75. The molecule has 1 aliphatic heterocycles. The molecule has 222 valence electrons. The fourth-order valence-corrected chi connectivity index (χ4v) is 4.75. The largest absolute Gasteiger partial charge is 0.416 e. The maximum atomic E-state index is 13.8. The van der Waals surface area contributed by atoms with Crippen molar-refractivity contribution >= 4 is 34.4 Å². The van der Waals surface area contributed by atoms with E-state index in [2.05, 4.69) is 41.1 Å². The third-order valence-electron chi connectivity index (χ3n) is 6.89. The number of ether oxygens (including phenoxy) is 1. The Morgan fingerprint density at radius 1 is 1.00 bits per heavy atom. The number of hydrogen-bond acceptors (Lipinski definition) is 8. The van der Waals surface area contributed by atoms with Gasteiger partial charge in [0.25, 0.3) is 0 Å². The monoisotopic (exact) mass is 583 g/mol. The van der Waals surface area contributed by atoms with E-state index in [0.717, 1.165) is 37.8 Å². The van der Waals surface area contributed by atoms with Gasteiger partial charge in [-0.1, -0.05) is 6.07 Å². The van der Waals surface area contributed by atoms with E-state index >= 15 is 0 Å². The molecular weight excluding hydrogens is 551 g/mol. The summed E-state index contributed by atoms with van der Waals surface area (Å²) in [5.41, 5.74) is 1.81. The number of halogens is 3. The summed E-state index contributed by atoms with van der Waals surface area (Å²) in [5, 5.41) is 11.2. The smallest absolute Gasteiger partial charge is 0.379 e. The Morgan fingerprint density at radius 3 is 2.48 bits per heavy atom. The number of amides is 2. The summed E-state index contributed by atoms with van der Waals surface area (Å²) in [4.78, 5) is 27.7. The number of hydrogen-bond donors (Lipinski definition) is 4. The minimum Gasteiger partial charge on any atom is -0.379 e. The van der Waals surface area contributed by atoms with Gasteiger partial charge in [0.1, 0.15) is 12.7 Å². The van der Waals surface area contributed by atoms with Crippen LogP contribution in [0.2, 0.25) is 0 Å². The molecule has 1 saturated heterocycles. The molecular formula is C28H32F3N9O2. The van der Waals surface area contributed by atoms with Gasteiger partial charge in [-0.3, -0.25) is 9.47 Å². The van der Waals surface area contributed by atoms with Crippen molar-refractivity contribution in [3.63, 3.8) is 0 Å². The van der Waals surface area contributed by atoms with Crippen LogP contribution in [0.5, 0.6) is 0 Å². The molecule has 0 bridgehead atoms. The van der Waals surface area contributed by atoms with Crippen molar-refractivity contribution in [2.24, 2.45) is 0 Å². The number of carbonyl (C=O) groups excluding carboxylic acids is 1. The van der Waals surface area contributed by atoms with Gasteiger partial charge in [-0.25, -0.2) is 19.7 Å². The van der Waals surface area contributed by atoms with E-state index < -0.39 is 17.8 Å². The SMILES string of the molecule is CNc1ncnc2c1ncn2-c1ccc(NC(=O)Nc2ccc(CNCCCN3CCOCC3)c(C(F)(F)F)c2)cc1. The first-order chi connectivity index (χ1) is 20.3. The maximum absolute atomic E-state index is 13.8. The number of anilines is 3. The molecule has 0 saturated carbocycles. The lowest BCUT2D eigenvalue weighted by Gasteiger charge is -2.26. The molecule has 2 amide bonds. The van der Waals surface area contributed by atoms with Crippen LogP contribution < -0.4 is 21.3 Å². The molecule has 3 heterocycles. The van der Waals surface area contributed by atoms with Crippen molar-refractivity contribution in [1.82, 2.24) is 29.7 Å². The van der Waals surface area contributed by atoms with Crippen LogP contribution >= 0.6 is 0 Å². The van der Waals surface area contributed by atoms with Crippen molar-refractivity contribution in [2.75, 3.05) is 62.4 Å². The van der Waals surface area contributed by atoms with Gasteiger partial charge in [0.05, 0.1) is 18.8 Å². The molecule has 14 heteroatoms. The third-order valence-corrected chi connectivity index (χ3v) is 6.89. The highest BCUT2D eigenvalue weighted by Gasteiger charge is 2.33. The Bertz CT molecular complexity index is 1500. The molecule has 4 N–H and O–H groups in total. The number of benzene rings is 2. The zero-order valence-electron chi connectivity index (χ0n) is 23.0. The van der Waals surface area contributed by atoms with Gasteiger partial charge in [0.2, 0.25) is 0 Å². The van der Waals surface area contributed by atoms with Gasteiger partial charge in [0.15, 0.2) is 17.0 Å². The normalized spacial score (nSPS) is 14.2. The van der Waals surface area contributed by atoms with E-state index in [1.165, 1.54) is 18.5 Å². The number of alkyl halides is 3. The van der Waals surface area contributed by atoms with E-state index in [-0.39, 0.29) is 17.8 Å². The second-order valence-electron chi connectivity index (χ2n) is 9.74. The first-order valence-electron chi connectivity index (χ1n) is 13.6. The molecule has 1 fully saturated rings. The number of fused-ring (bicyclic) bond motifs is 1. The highest BCUT2D eigenvalue weighted by molar-refractivity contribution is 5.99. The average molecular weight is 584 g/mol. The summed E-state index contributed by atoms with van der Waals surface area (Å²) < 4.78 is 48.6. The summed E-state index contributed by atoms with van der Waals surface area (Å²) in [7, 11) is 1.75. The number of nitrogens with one attached hydrogen (secondary N) is 4. The second kappa shape index (κ2) is 13.1. The Morgan fingerprint density at radius 2 is 1.74 bits per heavy atom. The summed E-state index contributed by atoms with van der Waals surface area (Å²) in [6.07, 6.45) is -0.677. The van der Waals surface area contributed by atoms with Crippen LogP contribution in [0.15, 0.2) is 55.1 Å². The predicted molar refractivity (Wildman–Crippen MR) is 154 cm³/mol. The molecule has 0 atom stereocenters. The molecule has 11 nitrogen and oxygen atoms in total. The van der Waals surface area contributed by atoms with Crippen LogP contribution in [-0.4, -0.2) is 76.9 Å². The van der Waals surface area contributed by atoms with Crippen LogP contribution in [0.1, 0.15) is 17.5 Å². The Hall–Kier alpha value is -4.27. The standard InChI is InChI=1S/C28H32F3N9O2/c1-32-25-24-26(35-17-34-25)40(18-36-24)22-7-5-20(6-8-22)37-27(41)38-21-4-3-19(23(15-21)28(29,30)31)16-33-9-2-10-39-11-13-42-14-12-39/h3-8,15,17-18,33H,2,9-14,16H2,1H3,(H,32,34,35)(H2,37,38,41). The first kappa shape index (κ1) is 29.2. The van der Waals surface area contributed by atoms with Crippen molar-refractivity contribution in [3.05, 3.63) is 66.2 Å². The Labute approximate surface area is 240 Å². The highest BCUT2D eigenvalue weighted by Crippen LogP contribution is 2.34. The fraction of sp³-hybridized carbons (Fsp3) is 0.357. The summed E-state index contributed by atoms with van der Waals surface area (Å²) in [5.74, 6) is 0.603. The van der Waals surface area contributed by atoms with Crippen molar-refractivity contribution < 1.29 is 22.7 Å². The van der Waals surface area contributed by atoms with Crippen molar-refractivity contribution in [3.8, 4) is 5.69 Å². The van der Waals surface area contributed by atoms with E-state index in [1.54, 1.807) is 42.2 Å². The number of urea groups is 1. The molecule has 0 spiro atoms. The highest BCUT2D eigenvalue weighted by atomic mass is 19.4. The second-order valence-corrected chi connectivity index (χ2v) is 9.74. The number of aromatic nitrogens is 4. The first-order valence-corrected chi connectivity index (χ1v) is 13.6. The average Bonchev–Trinajstić information content (AvgIpc) is 3.42. The minimum absolute atomic E-state index is 0.0393. The summed E-state index contributed by atoms with van der Waals surface area (Å²) in [6.45, 7) is 4.72. The topological polar surface area (TPSA) is 121 Å². The maximum Gasteiger partial charge on any atom is 0.416 e. The van der Waals surface area contributed by atoms with E-state index in [4.69, 9.17) is 4.74 Å². The molecule has 2 aromatic carbocycles. The van der Waals surface area contributed by atoms with Gasteiger partial charge in [-0.05, 0) is 61.5 Å². The Balaban J connectivity index is 1.17. The Kier molecular flexibility index (Phi) is 9.15. The lowest BCUT2D eigenvalue weighted by Crippen LogP contribution is -2.37. The molecule has 2 aromatic heterocycles. The van der Waals surface area contributed by atoms with Gasteiger partial charge >= 0.3 is 12.2 Å². The number of imidazole rings is 1. The lowest BCUT2D eigenvalue weighted by atomic mass is 10.1. The van der Waals surface area contributed by atoms with Crippen LogP contribution in [0.25, 0.3) is 16.9 Å². The van der Waals surface area contributed by atoms with Crippen molar-refractivity contribution in [2.45, 2.75) is 19.1 Å². The third kappa shape index (κ3) is 7.13. The van der Waals surface area contributed by atoms with Crippen LogP contribution in [0.3, 0.4) is 0 Å². The van der Waals surface area contributed by atoms with Gasteiger partial charge < -0.3 is 26.0 Å². The van der Waals surface area contributed by atoms with E-state index in [1.807, 2.05) is 0 Å². The quantitative estimate of drug-likeness (QED) is 0.204. The van der Waals surface area contributed by atoms with Crippen LogP contribution in [-0.2, 0) is 17.5 Å². The molecule has 5 rings (SSSR count). The van der Waals surface area contributed by atoms with Crippen LogP contribution in [0, 0.1) is 0 Å². The number of rotatable bonds is 10. The van der Waals surface area contributed by atoms with Gasteiger partial charge in [-0.2, -0.15) is 13.2 Å². The minimum atomic E-state index is -4.56. The molecule has 42 heavy (non-hydrogen) atoms. The zero-order chi connectivity index (χ0) is 29.5. The van der Waals surface area contributed by atoms with E-state index in [0.29, 0.717) is 42.4 Å². The molecule has 4 aromatic rings.